The molecule has 0 amide bonds. The molecule has 2 fully saturated rings. The second kappa shape index (κ2) is 10.6. The zero-order chi connectivity index (χ0) is 24.3. The van der Waals surface area contributed by atoms with E-state index in [1.54, 1.807) is 6.92 Å². The number of aryl methyl sites for hydroxylation is 1. The Morgan fingerprint density at radius 1 is 1.41 bits per heavy atom. The van der Waals surface area contributed by atoms with Crippen LogP contribution in [-0.2, 0) is 13.8 Å². The first-order valence-electron chi connectivity index (χ1n) is 11.8. The third-order valence-corrected chi connectivity index (χ3v) is 8.12. The normalized spacial score (nSPS) is 29.2. The van der Waals surface area contributed by atoms with Gasteiger partial charge in [-0.15, -0.1) is 0 Å². The van der Waals surface area contributed by atoms with Crippen molar-refractivity contribution in [2.75, 3.05) is 13.2 Å². The van der Waals surface area contributed by atoms with Gasteiger partial charge in [0.2, 0.25) is 6.54 Å². The van der Waals surface area contributed by atoms with Crippen molar-refractivity contribution in [2.45, 2.75) is 96.7 Å². The monoisotopic (exact) mass is 467 g/mol. The summed E-state index contributed by atoms with van der Waals surface area (Å²) in [6.45, 7) is 17.6. The quantitative estimate of drug-likeness (QED) is 0.338. The van der Waals surface area contributed by atoms with Crippen LogP contribution in [0.1, 0.15) is 72.9 Å². The lowest BCUT2D eigenvalue weighted by Gasteiger charge is -2.43. The fraction of sp³-hybridized carbons (Fsp3) is 0.773. The topological polar surface area (TPSA) is 90.2 Å². The van der Waals surface area contributed by atoms with Crippen LogP contribution in [0.15, 0.2) is 15.8 Å². The number of aromatic amines is 1. The van der Waals surface area contributed by atoms with Gasteiger partial charge in [0.1, 0.15) is 18.4 Å². The maximum Gasteiger partial charge on any atom is 0.330 e. The van der Waals surface area contributed by atoms with Crippen molar-refractivity contribution in [2.24, 2.45) is 0 Å². The van der Waals surface area contributed by atoms with E-state index in [-0.39, 0.29) is 25.2 Å². The van der Waals surface area contributed by atoms with Gasteiger partial charge in [0.25, 0.3) is 14.1 Å². The molecule has 0 bridgehead atoms. The smallest absolute Gasteiger partial charge is 0.330 e. The lowest BCUT2D eigenvalue weighted by atomic mass is 9.81. The summed E-state index contributed by atoms with van der Waals surface area (Å²) in [5.74, 6) is 0. The number of fused-ring (bicyclic) bond motifs is 1. The number of H-pyrrole nitrogens is 1. The van der Waals surface area contributed by atoms with Gasteiger partial charge in [0, 0.05) is 31.6 Å². The number of ether oxygens (including phenoxy) is 1. The lowest BCUT2D eigenvalue weighted by Crippen LogP contribution is -2.45. The molecule has 1 aliphatic heterocycles. The molecule has 32 heavy (non-hydrogen) atoms. The summed E-state index contributed by atoms with van der Waals surface area (Å²) in [6, 6.07) is 0.300. The average Bonchev–Trinajstić information content (AvgIpc) is 3.11. The Morgan fingerprint density at radius 3 is 2.78 bits per heavy atom. The minimum Gasteiger partial charge on any atom is -0.352 e. The third-order valence-electron chi connectivity index (χ3n) is 5.89. The van der Waals surface area contributed by atoms with Crippen LogP contribution in [0.4, 0.5) is 0 Å². The highest BCUT2D eigenvalue weighted by molar-refractivity contribution is 7.44. The number of aromatic nitrogens is 2. The van der Waals surface area contributed by atoms with Crippen LogP contribution in [0.3, 0.4) is 0 Å². The molecule has 1 unspecified atom stereocenters. The van der Waals surface area contributed by atoms with E-state index in [0.29, 0.717) is 24.8 Å². The van der Waals surface area contributed by atoms with E-state index in [4.69, 9.17) is 21.7 Å². The largest absolute Gasteiger partial charge is 0.352 e. The molecule has 2 heterocycles. The minimum absolute atomic E-state index is 0.150. The van der Waals surface area contributed by atoms with Crippen molar-refractivity contribution in [1.29, 1.82) is 0 Å². The fourth-order valence-corrected chi connectivity index (χ4v) is 6.32. The van der Waals surface area contributed by atoms with Crippen LogP contribution in [-0.4, -0.2) is 51.2 Å². The molecule has 5 atom stereocenters. The molecular weight excluding hydrogens is 431 g/mol. The molecule has 1 saturated heterocycles. The van der Waals surface area contributed by atoms with Crippen molar-refractivity contribution < 1.29 is 15.2 Å². The van der Waals surface area contributed by atoms with Crippen LogP contribution >= 0.6 is 8.53 Å². The maximum atomic E-state index is 12.5. The van der Waals surface area contributed by atoms with E-state index in [1.807, 2.05) is 0 Å². The standard InChI is InChI=1S/C22H35N4O5P/c1-15(2)26(16(3)4)32(29-12-11-23-6)31-22-10-8-7-9-18(22)30-19(13-22)25-14-17(5)20(27)24-21(25)28/h14-16,18-19H,7-13H2,1-5H3,(H,24,27,28)/t18-,19+,22-,32?/m0/s1/i9D/t9-,18+,19-,22+,32?/m1. The number of rotatable bonds is 9. The molecule has 0 spiro atoms. The Kier molecular flexibility index (Phi) is 7.80. The molecule has 2 aliphatic rings. The third kappa shape index (κ3) is 5.32. The van der Waals surface area contributed by atoms with Crippen molar-refractivity contribution in [3.8, 4) is 0 Å². The number of hydrogen-bond acceptors (Lipinski definition) is 6. The summed E-state index contributed by atoms with van der Waals surface area (Å²) in [4.78, 5) is 30.1. The first-order chi connectivity index (χ1) is 15.6. The van der Waals surface area contributed by atoms with E-state index in [2.05, 4.69) is 42.2 Å². The van der Waals surface area contributed by atoms with E-state index in [0.717, 1.165) is 6.42 Å². The van der Waals surface area contributed by atoms with Gasteiger partial charge in [-0.25, -0.2) is 16.0 Å². The predicted octanol–water partition coefficient (Wildman–Crippen LogP) is 3.74. The molecule has 1 aliphatic carbocycles. The van der Waals surface area contributed by atoms with E-state index >= 15 is 0 Å². The molecule has 0 aromatic carbocycles. The molecule has 9 nitrogen and oxygen atoms in total. The lowest BCUT2D eigenvalue weighted by molar-refractivity contribution is -0.0732. The summed E-state index contributed by atoms with van der Waals surface area (Å²) >= 11 is 0. The van der Waals surface area contributed by atoms with Gasteiger partial charge in [-0.2, -0.15) is 0 Å². The van der Waals surface area contributed by atoms with Gasteiger partial charge >= 0.3 is 5.69 Å². The van der Waals surface area contributed by atoms with Crippen molar-refractivity contribution in [3.05, 3.63) is 44.0 Å². The molecule has 1 N–H and O–H groups in total. The summed E-state index contributed by atoms with van der Waals surface area (Å²) in [5, 5.41) is 0. The molecular formula is C22H35N4O5P. The second-order valence-electron chi connectivity index (χ2n) is 9.00. The summed E-state index contributed by atoms with van der Waals surface area (Å²) in [7, 11) is -1.52. The predicted molar refractivity (Wildman–Crippen MR) is 123 cm³/mol. The second-order valence-corrected chi connectivity index (χ2v) is 10.4. The number of nitrogens with one attached hydrogen (secondary N) is 1. The van der Waals surface area contributed by atoms with Crippen LogP contribution in [0.5, 0.6) is 0 Å². The SMILES string of the molecule is [2H][C@@H]1CCC[C@]2(OP(OCC[N+]#[C-])N(C(C)C)C(C)C)C[C@H](n3cc(C)c(=O)[nH]c3=O)O[C@@H]12. The molecule has 1 aromatic heterocycles. The molecule has 3 rings (SSSR count). The maximum absolute atomic E-state index is 12.5. The minimum atomic E-state index is -1.52. The van der Waals surface area contributed by atoms with Crippen LogP contribution < -0.4 is 11.2 Å². The fourth-order valence-electron chi connectivity index (χ4n) is 4.47. The Labute approximate surface area is 192 Å². The van der Waals surface area contributed by atoms with E-state index in [1.165, 1.54) is 10.8 Å². The Bertz CT molecular complexity index is 969. The average molecular weight is 468 g/mol. The van der Waals surface area contributed by atoms with Crippen LogP contribution in [0.2, 0.25) is 0 Å². The zero-order valence-electron chi connectivity index (χ0n) is 20.5. The highest BCUT2D eigenvalue weighted by Crippen LogP contribution is 2.57. The number of nitrogens with zero attached hydrogens (tertiary/aromatic N) is 3. The molecule has 1 saturated carbocycles. The molecule has 0 radical (unpaired) electrons. The summed E-state index contributed by atoms with van der Waals surface area (Å²) in [6.07, 6.45) is 2.44. The van der Waals surface area contributed by atoms with Crippen molar-refractivity contribution >= 4 is 8.53 Å². The zero-order valence-corrected chi connectivity index (χ0v) is 20.4. The molecule has 1 aromatic rings. The highest BCUT2D eigenvalue weighted by Gasteiger charge is 2.54. The molecule has 10 heteroatoms. The van der Waals surface area contributed by atoms with Gasteiger partial charge in [0.15, 0.2) is 0 Å². The van der Waals surface area contributed by atoms with Gasteiger partial charge in [-0.1, -0.05) is 12.8 Å². The Balaban J connectivity index is 1.96. The first-order valence-corrected chi connectivity index (χ1v) is 12.4. The molecule has 178 valence electrons. The van der Waals surface area contributed by atoms with Gasteiger partial charge in [-0.05, 0) is 47.4 Å². The summed E-state index contributed by atoms with van der Waals surface area (Å²) < 4.78 is 31.4. The van der Waals surface area contributed by atoms with Gasteiger partial charge in [-0.3, -0.25) is 14.3 Å². The Morgan fingerprint density at radius 2 is 2.12 bits per heavy atom. The first kappa shape index (κ1) is 23.6. The van der Waals surface area contributed by atoms with Crippen molar-refractivity contribution in [3.63, 3.8) is 0 Å². The number of hydrogen-bond donors (Lipinski definition) is 1. The van der Waals surface area contributed by atoms with E-state index in [9.17, 15) is 9.59 Å². The van der Waals surface area contributed by atoms with Crippen LogP contribution in [0, 0.1) is 13.5 Å². The van der Waals surface area contributed by atoms with Crippen molar-refractivity contribution in [1.82, 2.24) is 14.2 Å². The van der Waals surface area contributed by atoms with Crippen LogP contribution in [0.25, 0.3) is 4.85 Å². The van der Waals surface area contributed by atoms with E-state index < -0.39 is 44.1 Å². The van der Waals surface area contributed by atoms with Gasteiger partial charge in [0.05, 0.1) is 6.10 Å². The summed E-state index contributed by atoms with van der Waals surface area (Å²) in [5.41, 5.74) is -1.32. The highest BCUT2D eigenvalue weighted by atomic mass is 31.2. The van der Waals surface area contributed by atoms with Gasteiger partial charge < -0.3 is 18.6 Å². The Hall–Kier alpha value is -1.56.